The Bertz CT molecular complexity index is 591. The summed E-state index contributed by atoms with van der Waals surface area (Å²) in [4.78, 5) is 15.7. The fourth-order valence-corrected chi connectivity index (χ4v) is 2.15. The molecule has 0 saturated carbocycles. The predicted octanol–water partition coefficient (Wildman–Crippen LogP) is 2.47. The van der Waals surface area contributed by atoms with Crippen molar-refractivity contribution in [3.05, 3.63) is 36.2 Å². The molecular weight excluding hydrogens is 270 g/mol. The maximum absolute atomic E-state index is 11.4. The molecule has 6 heteroatoms. The first-order chi connectivity index (χ1) is 10.1. The number of benzene rings is 1. The van der Waals surface area contributed by atoms with E-state index in [1.165, 1.54) is 0 Å². The molecule has 0 fully saturated rings. The largest absolute Gasteiger partial charge is 0.480 e. The minimum absolute atomic E-state index is 0.254. The van der Waals surface area contributed by atoms with Gasteiger partial charge in [0.15, 0.2) is 5.82 Å². The van der Waals surface area contributed by atoms with Crippen molar-refractivity contribution >= 4 is 5.97 Å². The molecule has 0 spiro atoms. The molecule has 0 radical (unpaired) electrons. The minimum Gasteiger partial charge on any atom is -0.480 e. The van der Waals surface area contributed by atoms with Crippen LogP contribution in [0.25, 0.3) is 11.5 Å². The average Bonchev–Trinajstić information content (AvgIpc) is 2.98. The third kappa shape index (κ3) is 3.28. The third-order valence-corrected chi connectivity index (χ3v) is 3.69. The summed E-state index contributed by atoms with van der Waals surface area (Å²) in [7, 11) is 0. The highest BCUT2D eigenvalue weighted by Gasteiger charge is 2.34. The molecule has 0 bridgehead atoms. The van der Waals surface area contributed by atoms with Crippen molar-refractivity contribution in [3.63, 3.8) is 0 Å². The van der Waals surface area contributed by atoms with Crippen LogP contribution in [0.1, 0.15) is 32.5 Å². The summed E-state index contributed by atoms with van der Waals surface area (Å²) in [5.41, 5.74) is -0.111. The van der Waals surface area contributed by atoms with Gasteiger partial charge in [0.05, 0.1) is 6.54 Å². The van der Waals surface area contributed by atoms with Crippen molar-refractivity contribution in [2.75, 3.05) is 0 Å². The van der Waals surface area contributed by atoms with E-state index in [1.807, 2.05) is 44.2 Å². The normalized spacial score (nSPS) is 11.5. The summed E-state index contributed by atoms with van der Waals surface area (Å²) < 4.78 is 5.20. The highest BCUT2D eigenvalue weighted by atomic mass is 16.5. The van der Waals surface area contributed by atoms with Crippen LogP contribution >= 0.6 is 0 Å². The van der Waals surface area contributed by atoms with Gasteiger partial charge in [-0.25, -0.2) is 0 Å². The van der Waals surface area contributed by atoms with Gasteiger partial charge in [-0.3, -0.25) is 10.1 Å². The Labute approximate surface area is 123 Å². The van der Waals surface area contributed by atoms with E-state index in [0.717, 1.165) is 5.56 Å². The predicted molar refractivity (Wildman–Crippen MR) is 77.5 cm³/mol. The number of hydrogen-bond donors (Lipinski definition) is 2. The summed E-state index contributed by atoms with van der Waals surface area (Å²) in [6.07, 6.45) is 0.977. The molecule has 0 unspecified atom stereocenters. The summed E-state index contributed by atoms with van der Waals surface area (Å²) >= 11 is 0. The molecule has 1 aromatic carbocycles. The van der Waals surface area contributed by atoms with Crippen molar-refractivity contribution in [2.45, 2.75) is 38.8 Å². The molecule has 2 aromatic rings. The van der Waals surface area contributed by atoms with Gasteiger partial charge in [0.2, 0.25) is 0 Å². The van der Waals surface area contributed by atoms with E-state index in [-0.39, 0.29) is 6.54 Å². The van der Waals surface area contributed by atoms with Crippen LogP contribution < -0.4 is 5.32 Å². The lowest BCUT2D eigenvalue weighted by Crippen LogP contribution is -2.50. The lowest BCUT2D eigenvalue weighted by atomic mass is 9.93. The summed E-state index contributed by atoms with van der Waals surface area (Å²) in [5, 5.41) is 16.3. The van der Waals surface area contributed by atoms with Crippen LogP contribution in [-0.2, 0) is 11.3 Å². The first-order valence-electron chi connectivity index (χ1n) is 6.97. The number of carboxylic acid groups (broad SMARTS) is 1. The van der Waals surface area contributed by atoms with Crippen molar-refractivity contribution in [1.29, 1.82) is 0 Å². The number of carboxylic acids is 1. The van der Waals surface area contributed by atoms with Crippen LogP contribution in [0, 0.1) is 0 Å². The van der Waals surface area contributed by atoms with E-state index < -0.39 is 11.5 Å². The fraction of sp³-hybridized carbons (Fsp3) is 0.400. The Hall–Kier alpha value is -2.21. The van der Waals surface area contributed by atoms with Gasteiger partial charge in [-0.2, -0.15) is 4.98 Å². The van der Waals surface area contributed by atoms with Gasteiger partial charge in [0.25, 0.3) is 5.89 Å². The van der Waals surface area contributed by atoms with Crippen LogP contribution in [0.4, 0.5) is 0 Å². The molecule has 6 nitrogen and oxygen atoms in total. The molecule has 0 aliphatic carbocycles. The van der Waals surface area contributed by atoms with Gasteiger partial charge in [0.1, 0.15) is 5.54 Å². The highest BCUT2D eigenvalue weighted by molar-refractivity contribution is 5.78. The molecule has 0 saturated heterocycles. The lowest BCUT2D eigenvalue weighted by molar-refractivity contribution is -0.145. The van der Waals surface area contributed by atoms with Gasteiger partial charge >= 0.3 is 5.97 Å². The van der Waals surface area contributed by atoms with Crippen LogP contribution in [0.5, 0.6) is 0 Å². The van der Waals surface area contributed by atoms with Crippen molar-refractivity contribution < 1.29 is 14.4 Å². The molecular formula is C15H19N3O3. The number of nitrogens with zero attached hydrogens (tertiary/aromatic N) is 2. The smallest absolute Gasteiger partial charge is 0.323 e. The van der Waals surface area contributed by atoms with Crippen LogP contribution in [0.15, 0.2) is 34.9 Å². The molecule has 112 valence electrons. The molecule has 2 rings (SSSR count). The molecule has 0 amide bonds. The quantitative estimate of drug-likeness (QED) is 0.814. The Morgan fingerprint density at radius 3 is 2.52 bits per heavy atom. The van der Waals surface area contributed by atoms with E-state index in [4.69, 9.17) is 4.52 Å². The molecule has 2 N–H and O–H groups in total. The third-order valence-electron chi connectivity index (χ3n) is 3.69. The summed E-state index contributed by atoms with van der Waals surface area (Å²) in [6.45, 7) is 3.94. The Balaban J connectivity index is 2.08. The van der Waals surface area contributed by atoms with E-state index in [2.05, 4.69) is 15.5 Å². The van der Waals surface area contributed by atoms with E-state index in [0.29, 0.717) is 24.6 Å². The van der Waals surface area contributed by atoms with E-state index in [9.17, 15) is 9.90 Å². The first kappa shape index (κ1) is 15.2. The maximum atomic E-state index is 11.4. The van der Waals surface area contributed by atoms with Gasteiger partial charge in [0, 0.05) is 5.56 Å². The molecule has 0 atom stereocenters. The Morgan fingerprint density at radius 1 is 1.29 bits per heavy atom. The number of rotatable bonds is 7. The topological polar surface area (TPSA) is 88.3 Å². The van der Waals surface area contributed by atoms with Crippen molar-refractivity contribution in [3.8, 4) is 11.5 Å². The number of hydrogen-bond acceptors (Lipinski definition) is 5. The van der Waals surface area contributed by atoms with Crippen LogP contribution in [0.2, 0.25) is 0 Å². The molecule has 0 aliphatic rings. The Kier molecular flexibility index (Phi) is 4.70. The lowest BCUT2D eigenvalue weighted by Gasteiger charge is -2.27. The zero-order valence-corrected chi connectivity index (χ0v) is 12.2. The zero-order valence-electron chi connectivity index (χ0n) is 12.2. The van der Waals surface area contributed by atoms with Crippen LogP contribution in [-0.4, -0.2) is 26.8 Å². The van der Waals surface area contributed by atoms with Crippen molar-refractivity contribution in [1.82, 2.24) is 15.5 Å². The maximum Gasteiger partial charge on any atom is 0.323 e. The number of carbonyl (C=O) groups is 1. The van der Waals surface area contributed by atoms with Gasteiger partial charge < -0.3 is 9.63 Å². The molecule has 21 heavy (non-hydrogen) atoms. The average molecular weight is 289 g/mol. The fourth-order valence-electron chi connectivity index (χ4n) is 2.15. The summed E-state index contributed by atoms with van der Waals surface area (Å²) in [5.74, 6) is 0.0157. The van der Waals surface area contributed by atoms with Crippen molar-refractivity contribution in [2.24, 2.45) is 0 Å². The standard InChI is InChI=1S/C15H19N3O3/c1-3-15(4-2,14(19)20)16-10-12-17-13(21-18-12)11-8-6-5-7-9-11/h5-9,16H,3-4,10H2,1-2H3,(H,19,20). The summed E-state index contributed by atoms with van der Waals surface area (Å²) in [6, 6.07) is 9.45. The second-order valence-corrected chi connectivity index (χ2v) is 4.83. The van der Waals surface area contributed by atoms with Gasteiger partial charge in [-0.1, -0.05) is 37.2 Å². The monoisotopic (exact) mass is 289 g/mol. The van der Waals surface area contributed by atoms with Crippen LogP contribution in [0.3, 0.4) is 0 Å². The highest BCUT2D eigenvalue weighted by Crippen LogP contribution is 2.18. The molecule has 1 heterocycles. The Morgan fingerprint density at radius 2 is 1.95 bits per heavy atom. The van der Waals surface area contributed by atoms with Gasteiger partial charge in [-0.05, 0) is 25.0 Å². The second kappa shape index (κ2) is 6.49. The number of aromatic nitrogens is 2. The van der Waals surface area contributed by atoms with Gasteiger partial charge in [-0.15, -0.1) is 0 Å². The van der Waals surface area contributed by atoms with E-state index >= 15 is 0 Å². The molecule has 0 aliphatic heterocycles. The number of nitrogens with one attached hydrogen (secondary N) is 1. The SMILES string of the molecule is CCC(CC)(NCc1noc(-c2ccccc2)n1)C(=O)O. The van der Waals surface area contributed by atoms with E-state index in [1.54, 1.807) is 0 Å². The molecule has 1 aromatic heterocycles. The minimum atomic E-state index is -0.951. The first-order valence-corrected chi connectivity index (χ1v) is 6.97. The zero-order chi connectivity index (χ0) is 15.3. The second-order valence-electron chi connectivity index (χ2n) is 4.83. The number of aliphatic carboxylic acids is 1.